The van der Waals surface area contributed by atoms with Crippen LogP contribution in [0.4, 0.5) is 11.4 Å². The molecule has 3 aromatic carbocycles. The first-order valence-corrected chi connectivity index (χ1v) is 12.1. The molecule has 0 bridgehead atoms. The van der Waals surface area contributed by atoms with Crippen molar-refractivity contribution in [1.29, 1.82) is 0 Å². The third kappa shape index (κ3) is 5.16. The second kappa shape index (κ2) is 11.2. The van der Waals surface area contributed by atoms with Crippen LogP contribution in [0.2, 0.25) is 0 Å². The Kier molecular flexibility index (Phi) is 7.82. The van der Waals surface area contributed by atoms with Gasteiger partial charge in [0.25, 0.3) is 5.91 Å². The average Bonchev–Trinajstić information content (AvgIpc) is 2.91. The molecule has 0 spiro atoms. The number of benzene rings is 3. The first-order valence-electron chi connectivity index (χ1n) is 12.1. The van der Waals surface area contributed by atoms with Crippen molar-refractivity contribution in [3.63, 3.8) is 0 Å². The van der Waals surface area contributed by atoms with Gasteiger partial charge in [0.15, 0.2) is 11.5 Å². The van der Waals surface area contributed by atoms with Crippen LogP contribution in [0.1, 0.15) is 37.4 Å². The van der Waals surface area contributed by atoms with Crippen molar-refractivity contribution >= 4 is 29.3 Å². The first-order chi connectivity index (χ1) is 17.9. The molecule has 7 nitrogen and oxygen atoms in total. The molecule has 0 radical (unpaired) electrons. The third-order valence-corrected chi connectivity index (χ3v) is 6.59. The fraction of sp³-hybridized carbons (Fsp3) is 0.267. The number of anilines is 2. The molecular weight excluding hydrogens is 468 g/mol. The molecule has 0 fully saturated rings. The van der Waals surface area contributed by atoms with Gasteiger partial charge in [0, 0.05) is 30.4 Å². The van der Waals surface area contributed by atoms with Crippen molar-refractivity contribution in [3.05, 3.63) is 83.9 Å². The quantitative estimate of drug-likeness (QED) is 0.393. The van der Waals surface area contributed by atoms with Gasteiger partial charge in [-0.3, -0.25) is 9.59 Å². The van der Waals surface area contributed by atoms with Crippen molar-refractivity contribution in [1.82, 2.24) is 0 Å². The number of fused-ring (bicyclic) bond motifs is 1. The molecule has 7 heteroatoms. The molecule has 4 rings (SSSR count). The van der Waals surface area contributed by atoms with Gasteiger partial charge in [0.05, 0.1) is 27.4 Å². The zero-order valence-electron chi connectivity index (χ0n) is 21.8. The maximum Gasteiger partial charge on any atom is 0.251 e. The molecule has 1 aliphatic rings. The van der Waals surface area contributed by atoms with Crippen molar-refractivity contribution in [3.8, 4) is 17.2 Å². The van der Waals surface area contributed by atoms with E-state index in [-0.39, 0.29) is 23.9 Å². The van der Waals surface area contributed by atoms with E-state index in [4.69, 9.17) is 14.2 Å². The molecule has 192 valence electrons. The van der Waals surface area contributed by atoms with Crippen LogP contribution in [-0.2, 0) is 9.59 Å². The SMILES string of the molecule is COc1cc(/C=C/C(=O)N2c3ccccc3[C@@H](N(C(C)=O)c3ccccc3)C[C@H]2C)cc(OC)c1OC. The zero-order chi connectivity index (χ0) is 26.5. The van der Waals surface area contributed by atoms with Crippen LogP contribution >= 0.6 is 0 Å². The summed E-state index contributed by atoms with van der Waals surface area (Å²) in [6.07, 6.45) is 3.89. The van der Waals surface area contributed by atoms with E-state index >= 15 is 0 Å². The normalized spacial score (nSPS) is 16.7. The maximum absolute atomic E-state index is 13.5. The number of hydrogen-bond donors (Lipinski definition) is 0. The maximum atomic E-state index is 13.5. The van der Waals surface area contributed by atoms with Crippen molar-refractivity contribution in [2.24, 2.45) is 0 Å². The van der Waals surface area contributed by atoms with Gasteiger partial charge in [-0.25, -0.2) is 0 Å². The molecule has 2 atom stereocenters. The smallest absolute Gasteiger partial charge is 0.251 e. The summed E-state index contributed by atoms with van der Waals surface area (Å²) in [5.74, 6) is 1.32. The van der Waals surface area contributed by atoms with Crippen LogP contribution in [0.25, 0.3) is 6.08 Å². The summed E-state index contributed by atoms with van der Waals surface area (Å²) in [6, 6.07) is 20.7. The first kappa shape index (κ1) is 25.8. The second-order valence-corrected chi connectivity index (χ2v) is 8.88. The Hall–Kier alpha value is -4.26. The van der Waals surface area contributed by atoms with Crippen LogP contribution in [0.3, 0.4) is 0 Å². The van der Waals surface area contributed by atoms with Gasteiger partial charge < -0.3 is 24.0 Å². The third-order valence-electron chi connectivity index (χ3n) is 6.59. The van der Waals surface area contributed by atoms with E-state index in [0.717, 1.165) is 22.5 Å². The van der Waals surface area contributed by atoms with E-state index < -0.39 is 0 Å². The Balaban J connectivity index is 1.68. The van der Waals surface area contributed by atoms with Crippen LogP contribution < -0.4 is 24.0 Å². The number of methoxy groups -OCH3 is 3. The van der Waals surface area contributed by atoms with Crippen molar-refractivity contribution in [2.75, 3.05) is 31.1 Å². The number of amides is 2. The molecule has 0 saturated carbocycles. The summed E-state index contributed by atoms with van der Waals surface area (Å²) < 4.78 is 16.2. The largest absolute Gasteiger partial charge is 0.493 e. The highest BCUT2D eigenvalue weighted by molar-refractivity contribution is 6.05. The lowest BCUT2D eigenvalue weighted by Gasteiger charge is -2.43. The Bertz CT molecular complexity index is 1280. The molecule has 1 heterocycles. The molecule has 3 aromatic rings. The van der Waals surface area contributed by atoms with E-state index in [9.17, 15) is 9.59 Å². The van der Waals surface area contributed by atoms with E-state index in [1.54, 1.807) is 57.4 Å². The number of hydrogen-bond acceptors (Lipinski definition) is 5. The summed E-state index contributed by atoms with van der Waals surface area (Å²) in [5.41, 5.74) is 3.32. The average molecular weight is 501 g/mol. The minimum Gasteiger partial charge on any atom is -0.493 e. The summed E-state index contributed by atoms with van der Waals surface area (Å²) >= 11 is 0. The molecule has 0 unspecified atom stereocenters. The molecule has 0 saturated heterocycles. The Morgan fingerprint density at radius 3 is 2.14 bits per heavy atom. The highest BCUT2D eigenvalue weighted by Crippen LogP contribution is 2.42. The lowest BCUT2D eigenvalue weighted by molar-refractivity contribution is -0.117. The number of ether oxygens (including phenoxy) is 3. The van der Waals surface area contributed by atoms with E-state index in [0.29, 0.717) is 23.7 Å². The minimum absolute atomic E-state index is 0.0414. The van der Waals surface area contributed by atoms with Gasteiger partial charge in [-0.05, 0) is 60.9 Å². The van der Waals surface area contributed by atoms with E-state index in [2.05, 4.69) is 0 Å². The number of nitrogens with zero attached hydrogens (tertiary/aromatic N) is 2. The summed E-state index contributed by atoms with van der Waals surface area (Å²) in [5, 5.41) is 0. The highest BCUT2D eigenvalue weighted by atomic mass is 16.5. The standard InChI is InChI=1S/C30H32N2O5/c1-20-17-26(32(21(2)33)23-11-7-6-8-12-23)24-13-9-10-14-25(24)31(20)29(34)16-15-22-18-27(35-3)30(37-5)28(19-22)36-4/h6-16,18-20,26H,17H2,1-5H3/b16-15+/t20-,26+/m1/s1. The number of rotatable bonds is 7. The predicted octanol–water partition coefficient (Wildman–Crippen LogP) is 5.65. The van der Waals surface area contributed by atoms with Gasteiger partial charge in [0.1, 0.15) is 0 Å². The van der Waals surface area contributed by atoms with E-state index in [1.165, 1.54) is 0 Å². The predicted molar refractivity (Wildman–Crippen MR) is 145 cm³/mol. The number of para-hydroxylation sites is 2. The summed E-state index contributed by atoms with van der Waals surface area (Å²) in [7, 11) is 4.66. The van der Waals surface area contributed by atoms with Crippen LogP contribution in [-0.4, -0.2) is 39.2 Å². The summed E-state index contributed by atoms with van der Waals surface area (Å²) in [4.78, 5) is 29.9. The van der Waals surface area contributed by atoms with Gasteiger partial charge in [0.2, 0.25) is 11.7 Å². The fourth-order valence-electron chi connectivity index (χ4n) is 4.98. The van der Waals surface area contributed by atoms with Crippen LogP contribution in [0.15, 0.2) is 72.8 Å². The Morgan fingerprint density at radius 2 is 1.54 bits per heavy atom. The second-order valence-electron chi connectivity index (χ2n) is 8.88. The molecule has 0 N–H and O–H groups in total. The lowest BCUT2D eigenvalue weighted by atomic mass is 9.89. The Morgan fingerprint density at radius 1 is 0.919 bits per heavy atom. The number of carbonyl (C=O) groups excluding carboxylic acids is 2. The minimum atomic E-state index is -0.186. The van der Waals surface area contributed by atoms with Crippen molar-refractivity contribution < 1.29 is 23.8 Å². The van der Waals surface area contributed by atoms with Gasteiger partial charge >= 0.3 is 0 Å². The molecule has 0 aliphatic carbocycles. The monoisotopic (exact) mass is 500 g/mol. The van der Waals surface area contributed by atoms with E-state index in [1.807, 2.05) is 66.4 Å². The number of carbonyl (C=O) groups is 2. The molecule has 2 amide bonds. The molecule has 1 aliphatic heterocycles. The topological polar surface area (TPSA) is 68.3 Å². The molecular formula is C30H32N2O5. The fourth-order valence-corrected chi connectivity index (χ4v) is 4.98. The molecule has 0 aromatic heterocycles. The van der Waals surface area contributed by atoms with Crippen LogP contribution in [0, 0.1) is 0 Å². The summed E-state index contributed by atoms with van der Waals surface area (Å²) in [6.45, 7) is 3.59. The van der Waals surface area contributed by atoms with Gasteiger partial charge in [-0.1, -0.05) is 36.4 Å². The zero-order valence-corrected chi connectivity index (χ0v) is 21.8. The van der Waals surface area contributed by atoms with Gasteiger partial charge in [-0.15, -0.1) is 0 Å². The van der Waals surface area contributed by atoms with Crippen molar-refractivity contribution in [2.45, 2.75) is 32.4 Å². The van der Waals surface area contributed by atoms with Gasteiger partial charge in [-0.2, -0.15) is 0 Å². The molecule has 37 heavy (non-hydrogen) atoms. The Labute approximate surface area is 217 Å². The lowest BCUT2D eigenvalue weighted by Crippen LogP contribution is -2.47. The van der Waals surface area contributed by atoms with Crippen LogP contribution in [0.5, 0.6) is 17.2 Å². The highest BCUT2D eigenvalue weighted by Gasteiger charge is 2.37.